The summed E-state index contributed by atoms with van der Waals surface area (Å²) in [6.45, 7) is 8.50. The molecule has 30 heavy (non-hydrogen) atoms. The summed E-state index contributed by atoms with van der Waals surface area (Å²) in [4.78, 5) is 26.7. The van der Waals surface area contributed by atoms with Crippen LogP contribution in [0.1, 0.15) is 46.1 Å². The summed E-state index contributed by atoms with van der Waals surface area (Å²) in [7, 11) is -3.60. The summed E-state index contributed by atoms with van der Waals surface area (Å²) in [6.07, 6.45) is 2.33. The maximum atomic E-state index is 12.8. The van der Waals surface area contributed by atoms with Crippen LogP contribution in [-0.4, -0.2) is 61.7 Å². The van der Waals surface area contributed by atoms with Gasteiger partial charge in [-0.3, -0.25) is 14.5 Å². The van der Waals surface area contributed by atoms with Gasteiger partial charge in [0.25, 0.3) is 0 Å². The number of hydrogen-bond acceptors (Lipinski definition) is 5. The summed E-state index contributed by atoms with van der Waals surface area (Å²) in [5, 5.41) is 2.93. The lowest BCUT2D eigenvalue weighted by Crippen LogP contribution is -2.47. The van der Waals surface area contributed by atoms with E-state index in [-0.39, 0.29) is 16.7 Å². The average Bonchev–Trinajstić information content (AvgIpc) is 3.10. The molecule has 0 radical (unpaired) electrons. The Labute approximate surface area is 184 Å². The van der Waals surface area contributed by atoms with Crippen LogP contribution >= 0.6 is 11.8 Å². The molecule has 1 aromatic rings. The molecule has 1 N–H and O–H groups in total. The van der Waals surface area contributed by atoms with Crippen molar-refractivity contribution >= 4 is 39.3 Å². The largest absolute Gasteiger partial charge is 0.354 e. The van der Waals surface area contributed by atoms with Crippen molar-refractivity contribution in [2.24, 2.45) is 0 Å². The minimum Gasteiger partial charge on any atom is -0.354 e. The maximum absolute atomic E-state index is 12.8. The van der Waals surface area contributed by atoms with Crippen molar-refractivity contribution in [3.8, 4) is 0 Å². The third-order valence-corrected chi connectivity index (χ3v) is 8.45. The molecule has 0 spiro atoms. The molecule has 0 saturated heterocycles. The van der Waals surface area contributed by atoms with E-state index < -0.39 is 16.1 Å². The summed E-state index contributed by atoms with van der Waals surface area (Å²) in [6, 6.07) is 4.12. The van der Waals surface area contributed by atoms with Crippen LogP contribution in [0.25, 0.3) is 0 Å². The first-order chi connectivity index (χ1) is 14.3. The van der Waals surface area contributed by atoms with Gasteiger partial charge in [-0.15, -0.1) is 0 Å². The van der Waals surface area contributed by atoms with Crippen LogP contribution in [0.5, 0.6) is 0 Å². The van der Waals surface area contributed by atoms with Crippen molar-refractivity contribution in [2.45, 2.75) is 57.9 Å². The van der Waals surface area contributed by atoms with Gasteiger partial charge in [-0.2, -0.15) is 16.1 Å². The van der Waals surface area contributed by atoms with Gasteiger partial charge in [0.2, 0.25) is 21.8 Å². The number of anilines is 1. The van der Waals surface area contributed by atoms with Gasteiger partial charge in [-0.05, 0) is 48.1 Å². The van der Waals surface area contributed by atoms with E-state index in [2.05, 4.69) is 12.2 Å². The number of carbonyl (C=O) groups excluding carboxylic acids is 2. The number of amides is 2. The third kappa shape index (κ3) is 5.56. The molecule has 9 heteroatoms. The fraction of sp³-hybridized carbons (Fsp3) is 0.619. The fourth-order valence-electron chi connectivity index (χ4n) is 3.65. The molecule has 2 rings (SSSR count). The molecule has 0 unspecified atom stereocenters. The number of nitrogens with zero attached hydrogens (tertiary/aromatic N) is 2. The van der Waals surface area contributed by atoms with E-state index in [4.69, 9.17) is 0 Å². The van der Waals surface area contributed by atoms with Crippen LogP contribution in [0, 0.1) is 0 Å². The number of thioether (sulfide) groups is 1. The predicted molar refractivity (Wildman–Crippen MR) is 122 cm³/mol. The number of fused-ring (bicyclic) bond motifs is 1. The number of nitrogens with one attached hydrogen (secondary N) is 1. The van der Waals surface area contributed by atoms with E-state index in [9.17, 15) is 18.0 Å². The van der Waals surface area contributed by atoms with Crippen LogP contribution in [0.4, 0.5) is 5.69 Å². The zero-order chi connectivity index (χ0) is 22.3. The van der Waals surface area contributed by atoms with E-state index in [1.54, 1.807) is 26.0 Å². The highest BCUT2D eigenvalue weighted by molar-refractivity contribution is 7.99. The lowest BCUT2D eigenvalue weighted by Gasteiger charge is -2.23. The topological polar surface area (TPSA) is 86.8 Å². The molecule has 0 aliphatic carbocycles. The summed E-state index contributed by atoms with van der Waals surface area (Å²) in [5.41, 5.74) is 1.32. The quantitative estimate of drug-likeness (QED) is 0.519. The molecule has 1 aliphatic rings. The van der Waals surface area contributed by atoms with Crippen molar-refractivity contribution in [1.29, 1.82) is 0 Å². The van der Waals surface area contributed by atoms with E-state index >= 15 is 0 Å². The molecule has 2 amide bonds. The number of rotatable bonds is 11. The Balaban J connectivity index is 2.16. The van der Waals surface area contributed by atoms with Gasteiger partial charge in [0, 0.05) is 38.7 Å². The minimum atomic E-state index is -3.60. The van der Waals surface area contributed by atoms with Crippen LogP contribution in [0.15, 0.2) is 23.1 Å². The molecule has 0 aromatic heterocycles. The number of benzene rings is 1. The highest BCUT2D eigenvalue weighted by Crippen LogP contribution is 2.34. The molecule has 0 fully saturated rings. The van der Waals surface area contributed by atoms with E-state index in [1.807, 2.05) is 11.8 Å². The molecular formula is C21H33N3O4S2. The number of carbonyl (C=O) groups is 2. The second-order valence-corrected chi connectivity index (χ2v) is 10.4. The van der Waals surface area contributed by atoms with Gasteiger partial charge in [-0.25, -0.2) is 8.42 Å². The minimum absolute atomic E-state index is 0.197. The lowest BCUT2D eigenvalue weighted by molar-refractivity contribution is -0.125. The molecule has 1 atom stereocenters. The van der Waals surface area contributed by atoms with Crippen molar-refractivity contribution in [1.82, 2.24) is 9.62 Å². The van der Waals surface area contributed by atoms with E-state index in [0.717, 1.165) is 24.3 Å². The molecular weight excluding hydrogens is 422 g/mol. The first kappa shape index (κ1) is 24.7. The molecule has 1 aromatic carbocycles. The zero-order valence-corrected chi connectivity index (χ0v) is 19.9. The van der Waals surface area contributed by atoms with Crippen molar-refractivity contribution in [3.05, 3.63) is 23.8 Å². The Bertz CT molecular complexity index is 854. The van der Waals surface area contributed by atoms with Gasteiger partial charge in [0.1, 0.15) is 6.04 Å². The van der Waals surface area contributed by atoms with E-state index in [1.165, 1.54) is 22.2 Å². The van der Waals surface area contributed by atoms with E-state index in [0.29, 0.717) is 37.3 Å². The number of hydrogen-bond donors (Lipinski definition) is 1. The molecule has 1 heterocycles. The third-order valence-electron chi connectivity index (χ3n) is 5.13. The second kappa shape index (κ2) is 11.2. The monoisotopic (exact) mass is 455 g/mol. The molecule has 168 valence electrons. The van der Waals surface area contributed by atoms with Gasteiger partial charge < -0.3 is 5.32 Å². The van der Waals surface area contributed by atoms with Crippen LogP contribution in [0.2, 0.25) is 0 Å². The normalized spacial score (nSPS) is 16.0. The Kier molecular flexibility index (Phi) is 9.18. The highest BCUT2D eigenvalue weighted by atomic mass is 32.2. The zero-order valence-electron chi connectivity index (χ0n) is 18.3. The summed E-state index contributed by atoms with van der Waals surface area (Å²) in [5.74, 6) is 1.67. The second-order valence-electron chi connectivity index (χ2n) is 7.25. The average molecular weight is 456 g/mol. The van der Waals surface area contributed by atoms with Crippen molar-refractivity contribution in [3.63, 3.8) is 0 Å². The van der Waals surface area contributed by atoms with Gasteiger partial charge >= 0.3 is 0 Å². The fourth-order valence-corrected chi connectivity index (χ4v) is 6.00. The Morgan fingerprint density at radius 3 is 2.50 bits per heavy atom. The standard InChI is InChI=1S/C21H33N3O4S2/c1-5-12-29-13-8-11-22-21(26)20-15-17-14-18(30(27,28)23(6-2)7-3)9-10-19(17)24(20)16(4)25/h9-10,14,20H,5-8,11-13,15H2,1-4H3,(H,22,26)/t20-/m0/s1. The van der Waals surface area contributed by atoms with Gasteiger partial charge in [0.15, 0.2) is 0 Å². The molecule has 7 nitrogen and oxygen atoms in total. The molecule has 1 aliphatic heterocycles. The summed E-state index contributed by atoms with van der Waals surface area (Å²) >= 11 is 1.87. The Hall–Kier alpha value is -1.58. The molecule has 0 saturated carbocycles. The van der Waals surface area contributed by atoms with Crippen LogP contribution in [-0.2, 0) is 26.0 Å². The Morgan fingerprint density at radius 1 is 1.20 bits per heavy atom. The maximum Gasteiger partial charge on any atom is 0.243 e. The number of sulfonamides is 1. The van der Waals surface area contributed by atoms with Crippen molar-refractivity contribution in [2.75, 3.05) is 36.0 Å². The summed E-state index contributed by atoms with van der Waals surface area (Å²) < 4.78 is 27.1. The predicted octanol–water partition coefficient (Wildman–Crippen LogP) is 2.64. The smallest absolute Gasteiger partial charge is 0.243 e. The van der Waals surface area contributed by atoms with Crippen LogP contribution in [0.3, 0.4) is 0 Å². The first-order valence-corrected chi connectivity index (χ1v) is 13.2. The van der Waals surface area contributed by atoms with Crippen LogP contribution < -0.4 is 10.2 Å². The SMILES string of the molecule is CCCSCCCNC(=O)[C@@H]1Cc2cc(S(=O)(=O)N(CC)CC)ccc2N1C(C)=O. The van der Waals surface area contributed by atoms with Crippen molar-refractivity contribution < 1.29 is 18.0 Å². The highest BCUT2D eigenvalue weighted by Gasteiger charge is 2.37. The van der Waals surface area contributed by atoms with Gasteiger partial charge in [-0.1, -0.05) is 20.8 Å². The van der Waals surface area contributed by atoms with Gasteiger partial charge in [0.05, 0.1) is 4.90 Å². The Morgan fingerprint density at radius 2 is 1.90 bits per heavy atom. The molecule has 0 bridgehead atoms. The first-order valence-electron chi connectivity index (χ1n) is 10.6. The lowest BCUT2D eigenvalue weighted by atomic mass is 10.1.